The largest absolute Gasteiger partial charge is 0.354 e. The van der Waals surface area contributed by atoms with Crippen LogP contribution >= 0.6 is 34.9 Å². The van der Waals surface area contributed by atoms with Gasteiger partial charge in [0.05, 0.1) is 15.9 Å². The molecular formula is C50H29BN2S3. The van der Waals surface area contributed by atoms with Crippen molar-refractivity contribution in [3.05, 3.63) is 164 Å². The molecule has 6 heteroatoms. The third-order valence-electron chi connectivity index (χ3n) is 11.8. The van der Waals surface area contributed by atoms with Crippen molar-refractivity contribution in [3.63, 3.8) is 0 Å². The van der Waals surface area contributed by atoms with Gasteiger partial charge in [-0.25, -0.2) is 0 Å². The molecule has 0 amide bonds. The van der Waals surface area contributed by atoms with Crippen molar-refractivity contribution in [2.24, 2.45) is 0 Å². The summed E-state index contributed by atoms with van der Waals surface area (Å²) in [6, 6.07) is 61.1. The van der Waals surface area contributed by atoms with E-state index in [9.17, 15) is 0 Å². The van der Waals surface area contributed by atoms with Gasteiger partial charge in [-0.05, 0) is 69.6 Å². The van der Waals surface area contributed by atoms with E-state index in [1.54, 1.807) is 0 Å². The number of fused-ring (bicyclic) bond motifs is 13. The molecule has 2 aliphatic rings. The maximum absolute atomic E-state index is 4.09. The van der Waals surface area contributed by atoms with Crippen molar-refractivity contribution in [2.45, 2.75) is 19.6 Å². The Labute approximate surface area is 336 Å². The Morgan fingerprint density at radius 1 is 0.464 bits per heavy atom. The van der Waals surface area contributed by atoms with Crippen molar-refractivity contribution in [1.82, 2.24) is 4.57 Å². The molecule has 260 valence electrons. The van der Waals surface area contributed by atoms with Crippen molar-refractivity contribution >= 4 is 128 Å². The van der Waals surface area contributed by atoms with Gasteiger partial charge in [0.1, 0.15) is 0 Å². The van der Waals surface area contributed by atoms with E-state index >= 15 is 0 Å². The van der Waals surface area contributed by atoms with Gasteiger partial charge in [-0.1, -0.05) is 150 Å². The lowest BCUT2D eigenvalue weighted by Crippen LogP contribution is -2.37. The highest BCUT2D eigenvalue weighted by Crippen LogP contribution is 2.52. The summed E-state index contributed by atoms with van der Waals surface area (Å²) in [5.74, 6) is 0. The zero-order chi connectivity index (χ0) is 36.5. The molecule has 2 aliphatic heterocycles. The van der Waals surface area contributed by atoms with Crippen LogP contribution in [0.4, 0.5) is 11.4 Å². The number of rotatable bonds is 3. The van der Waals surface area contributed by atoms with Crippen LogP contribution < -0.4 is 16.2 Å². The van der Waals surface area contributed by atoms with Crippen molar-refractivity contribution in [2.75, 3.05) is 5.32 Å². The maximum atomic E-state index is 4.09. The minimum absolute atomic E-state index is 0.855. The number of thiophene rings is 1. The highest BCUT2D eigenvalue weighted by Gasteiger charge is 2.30. The second kappa shape index (κ2) is 11.8. The topological polar surface area (TPSA) is 17.0 Å². The lowest BCUT2D eigenvalue weighted by Gasteiger charge is -2.27. The third kappa shape index (κ3) is 4.43. The van der Waals surface area contributed by atoms with Gasteiger partial charge in [-0.3, -0.25) is 0 Å². The Bertz CT molecular complexity index is 3510. The molecule has 11 aromatic rings. The fourth-order valence-corrected chi connectivity index (χ4v) is 12.9. The molecule has 1 N–H and O–H groups in total. The third-order valence-corrected chi connectivity index (χ3v) is 15.6. The van der Waals surface area contributed by atoms with Crippen molar-refractivity contribution < 1.29 is 0 Å². The lowest BCUT2D eigenvalue weighted by molar-refractivity contribution is 1.16. The van der Waals surface area contributed by atoms with Crippen LogP contribution in [0.1, 0.15) is 0 Å². The van der Waals surface area contributed by atoms with Gasteiger partial charge in [0, 0.05) is 73.7 Å². The quantitative estimate of drug-likeness (QED) is 0.181. The predicted octanol–water partition coefficient (Wildman–Crippen LogP) is 13.2. The molecule has 0 bridgehead atoms. The molecule has 0 saturated carbocycles. The average Bonchev–Trinajstić information content (AvgIpc) is 3.80. The second-order valence-corrected chi connectivity index (χ2v) is 18.1. The monoisotopic (exact) mass is 764 g/mol. The van der Waals surface area contributed by atoms with Crippen LogP contribution in [0.25, 0.3) is 80.3 Å². The fraction of sp³-hybridized carbons (Fsp3) is 0. The van der Waals surface area contributed by atoms with Crippen LogP contribution in [0.2, 0.25) is 0 Å². The molecule has 0 fully saturated rings. The van der Waals surface area contributed by atoms with E-state index in [1.165, 1.54) is 111 Å². The Hall–Kier alpha value is -5.92. The van der Waals surface area contributed by atoms with E-state index in [0.29, 0.717) is 0 Å². The Kier molecular flexibility index (Phi) is 6.59. The van der Waals surface area contributed by atoms with Crippen molar-refractivity contribution in [1.29, 1.82) is 0 Å². The number of aromatic nitrogens is 1. The second-order valence-electron chi connectivity index (χ2n) is 14.9. The van der Waals surface area contributed by atoms with Crippen LogP contribution in [0.3, 0.4) is 0 Å². The summed E-state index contributed by atoms with van der Waals surface area (Å²) < 4.78 is 5.19. The zero-order valence-electron chi connectivity index (χ0n) is 30.0. The molecule has 0 atom stereocenters. The smallest absolute Gasteiger partial charge is 0.198 e. The van der Waals surface area contributed by atoms with Crippen LogP contribution in [0.15, 0.2) is 183 Å². The molecule has 0 radical (unpaired) electrons. The number of para-hydroxylation sites is 1. The first-order valence-corrected chi connectivity index (χ1v) is 21.5. The molecule has 0 saturated heterocycles. The normalized spacial score (nSPS) is 13.0. The molecule has 2 aromatic heterocycles. The van der Waals surface area contributed by atoms with E-state index in [4.69, 9.17) is 0 Å². The summed E-state index contributed by atoms with van der Waals surface area (Å²) in [5, 5.41) is 14.4. The molecule has 0 spiro atoms. The lowest BCUT2D eigenvalue weighted by atomic mass is 9.58. The number of nitrogens with zero attached hydrogens (tertiary/aromatic N) is 1. The van der Waals surface area contributed by atoms with Gasteiger partial charge < -0.3 is 9.88 Å². The van der Waals surface area contributed by atoms with Crippen LogP contribution in [0, 0.1) is 0 Å². The van der Waals surface area contributed by atoms with Gasteiger partial charge in [0.2, 0.25) is 0 Å². The molecule has 13 rings (SSSR count). The number of nitrogens with one attached hydrogen (secondary N) is 1. The first-order valence-electron chi connectivity index (χ1n) is 19.0. The molecule has 0 aliphatic carbocycles. The van der Waals surface area contributed by atoms with Gasteiger partial charge >= 0.3 is 0 Å². The van der Waals surface area contributed by atoms with E-state index in [-0.39, 0.29) is 0 Å². The minimum atomic E-state index is 0.855. The molecule has 56 heavy (non-hydrogen) atoms. The SMILES string of the molecule is B1c2c(cc3ccccc3c2-c2cc3c(cc2Nc2cccc4c2sc2ccccc24)Sc2ccccc2S3)-n2c3c1cccc3c1ccc3ccccc3c12. The highest BCUT2D eigenvalue weighted by molar-refractivity contribution is 8.05. The van der Waals surface area contributed by atoms with Gasteiger partial charge in [-0.2, -0.15) is 0 Å². The van der Waals surface area contributed by atoms with Gasteiger partial charge in [0.15, 0.2) is 7.28 Å². The molecule has 4 heterocycles. The number of hydrogen-bond donors (Lipinski definition) is 1. The van der Waals surface area contributed by atoms with Gasteiger partial charge in [-0.15, -0.1) is 11.3 Å². The summed E-state index contributed by atoms with van der Waals surface area (Å²) in [4.78, 5) is 5.21. The molecular weight excluding hydrogens is 736 g/mol. The standard InChI is InChI=1S/C50H29BN2S3/c1-4-14-31-28(11-1)23-24-34-33-16-9-18-37-49(33)53(48(31)34)40-25-29-12-2-3-13-30(29)46(47(40)51-37)36-26-44-45(55-43-22-8-7-21-42(43)54-44)27-39(36)52-38-19-10-17-35-32-15-5-6-20-41(32)56-50(35)38/h1-27,51-52H. The van der Waals surface area contributed by atoms with Crippen LogP contribution in [0.5, 0.6) is 0 Å². The van der Waals surface area contributed by atoms with Crippen LogP contribution in [-0.2, 0) is 0 Å². The summed E-state index contributed by atoms with van der Waals surface area (Å²) in [6.07, 6.45) is 0. The van der Waals surface area contributed by atoms with E-state index < -0.39 is 0 Å². The minimum Gasteiger partial charge on any atom is -0.354 e. The predicted molar refractivity (Wildman–Crippen MR) is 245 cm³/mol. The van der Waals surface area contributed by atoms with Crippen LogP contribution in [-0.4, -0.2) is 11.8 Å². The number of hydrogen-bond acceptors (Lipinski definition) is 4. The molecule has 9 aromatic carbocycles. The Balaban J connectivity index is 1.13. The van der Waals surface area contributed by atoms with E-state index in [1.807, 2.05) is 34.9 Å². The Morgan fingerprint density at radius 3 is 2.02 bits per heavy atom. The Morgan fingerprint density at radius 2 is 1.14 bits per heavy atom. The van der Waals surface area contributed by atoms with E-state index in [2.05, 4.69) is 174 Å². The maximum Gasteiger partial charge on any atom is 0.198 e. The fourth-order valence-electron chi connectivity index (χ4n) is 9.41. The summed E-state index contributed by atoms with van der Waals surface area (Å²) >= 11 is 5.64. The summed E-state index contributed by atoms with van der Waals surface area (Å²) in [6.45, 7) is 0. The van der Waals surface area contributed by atoms with Gasteiger partial charge in [0.25, 0.3) is 0 Å². The summed E-state index contributed by atoms with van der Waals surface area (Å²) in [5.41, 5.74) is 11.4. The van der Waals surface area contributed by atoms with Crippen molar-refractivity contribution in [3.8, 4) is 16.8 Å². The molecule has 0 unspecified atom stereocenters. The average molecular weight is 765 g/mol. The first kappa shape index (κ1) is 31.3. The highest BCUT2D eigenvalue weighted by atomic mass is 32.2. The number of benzene rings is 9. The van der Waals surface area contributed by atoms with E-state index in [0.717, 1.165) is 18.7 Å². The number of anilines is 2. The first-order chi connectivity index (χ1) is 27.7. The summed E-state index contributed by atoms with van der Waals surface area (Å²) in [7, 11) is 0.855. The molecule has 2 nitrogen and oxygen atoms in total. The zero-order valence-corrected chi connectivity index (χ0v) is 32.4.